The van der Waals surface area contributed by atoms with E-state index in [-0.39, 0.29) is 0 Å². The quantitative estimate of drug-likeness (QED) is 0.396. The third kappa shape index (κ3) is 2.44. The molecule has 3 radical (unpaired) electrons. The van der Waals surface area contributed by atoms with Gasteiger partial charge in [-0.15, -0.1) is 0 Å². The minimum absolute atomic E-state index is 0.447. The molecule has 0 rings (SSSR count). The van der Waals surface area contributed by atoms with Crippen molar-refractivity contribution in [1.29, 1.82) is 0 Å². The first kappa shape index (κ1) is 6.74. The first-order valence-corrected chi connectivity index (χ1v) is 2.46. The molecule has 0 unspecified atom stereocenters. The molecule has 0 aliphatic heterocycles. The summed E-state index contributed by atoms with van der Waals surface area (Å²) in [6.45, 7) is 0. The SMILES string of the molecule is O=C(O)C(=O)[O][Sn]. The predicted molar refractivity (Wildman–Crippen MR) is 19.5 cm³/mol. The summed E-state index contributed by atoms with van der Waals surface area (Å²) in [5, 5.41) is 7.72. The fraction of sp³-hybridized carbons (Fsp3) is 0. The summed E-state index contributed by atoms with van der Waals surface area (Å²) < 4.78 is 3.86. The van der Waals surface area contributed by atoms with Gasteiger partial charge in [-0.1, -0.05) is 0 Å². The van der Waals surface area contributed by atoms with Crippen LogP contribution in [0.1, 0.15) is 0 Å². The molecule has 4 nitrogen and oxygen atoms in total. The van der Waals surface area contributed by atoms with Crippen molar-refractivity contribution in [2.45, 2.75) is 0 Å². The van der Waals surface area contributed by atoms with Crippen molar-refractivity contribution < 1.29 is 17.8 Å². The van der Waals surface area contributed by atoms with E-state index in [0.717, 1.165) is 0 Å². The molecule has 0 aromatic rings. The van der Waals surface area contributed by atoms with Crippen LogP contribution >= 0.6 is 0 Å². The van der Waals surface area contributed by atoms with Gasteiger partial charge in [0.15, 0.2) is 0 Å². The van der Waals surface area contributed by atoms with E-state index in [1.807, 2.05) is 0 Å². The van der Waals surface area contributed by atoms with Crippen LogP contribution in [-0.4, -0.2) is 40.0 Å². The van der Waals surface area contributed by atoms with Crippen molar-refractivity contribution in [3.05, 3.63) is 0 Å². The number of carbonyl (C=O) groups is 2. The van der Waals surface area contributed by atoms with Crippen molar-refractivity contribution in [3.8, 4) is 0 Å². The van der Waals surface area contributed by atoms with Gasteiger partial charge in [0, 0.05) is 0 Å². The zero-order chi connectivity index (χ0) is 5.86. The van der Waals surface area contributed by atoms with Gasteiger partial charge in [-0.2, -0.15) is 0 Å². The van der Waals surface area contributed by atoms with Gasteiger partial charge in [0.1, 0.15) is 0 Å². The van der Waals surface area contributed by atoms with Gasteiger partial charge in [-0.25, -0.2) is 0 Å². The van der Waals surface area contributed by atoms with Crippen LogP contribution in [0, 0.1) is 0 Å². The van der Waals surface area contributed by atoms with E-state index in [1.165, 1.54) is 0 Å². The Morgan fingerprint density at radius 2 is 2.00 bits per heavy atom. The van der Waals surface area contributed by atoms with Crippen LogP contribution in [0.4, 0.5) is 0 Å². The second-order valence-corrected chi connectivity index (χ2v) is 1.28. The van der Waals surface area contributed by atoms with Crippen molar-refractivity contribution >= 4 is 34.9 Å². The second kappa shape index (κ2) is 2.84. The van der Waals surface area contributed by atoms with E-state index in [4.69, 9.17) is 5.11 Å². The van der Waals surface area contributed by atoms with Gasteiger partial charge in [0.05, 0.1) is 0 Å². The van der Waals surface area contributed by atoms with Gasteiger partial charge >= 0.3 is 52.6 Å². The van der Waals surface area contributed by atoms with Crippen LogP contribution in [0.15, 0.2) is 0 Å². The zero-order valence-electron chi connectivity index (χ0n) is 3.17. The van der Waals surface area contributed by atoms with E-state index >= 15 is 0 Å². The summed E-state index contributed by atoms with van der Waals surface area (Å²) in [6, 6.07) is 0. The van der Waals surface area contributed by atoms with Gasteiger partial charge in [0.2, 0.25) is 0 Å². The van der Waals surface area contributed by atoms with Crippen LogP contribution in [0.5, 0.6) is 0 Å². The molecule has 1 N–H and O–H groups in total. The summed E-state index contributed by atoms with van der Waals surface area (Å²) in [5.74, 6) is -2.74. The molecule has 0 heterocycles. The average molecular weight is 208 g/mol. The van der Waals surface area contributed by atoms with Gasteiger partial charge in [-0.3, -0.25) is 0 Å². The summed E-state index contributed by atoms with van der Waals surface area (Å²) >= 11 is 0.447. The van der Waals surface area contributed by atoms with E-state index < -0.39 is 11.9 Å². The van der Waals surface area contributed by atoms with Crippen LogP contribution in [0.3, 0.4) is 0 Å². The van der Waals surface area contributed by atoms with E-state index in [0.29, 0.717) is 22.9 Å². The summed E-state index contributed by atoms with van der Waals surface area (Å²) in [7, 11) is 0. The molecule has 7 heavy (non-hydrogen) atoms. The zero-order valence-corrected chi connectivity index (χ0v) is 6.03. The number of hydrogen-bond acceptors (Lipinski definition) is 3. The number of rotatable bonds is 0. The Hall–Kier alpha value is -0.261. The molecular formula is C2HO4Sn. The molecule has 0 aliphatic rings. The molecule has 0 aromatic heterocycles. The summed E-state index contributed by atoms with van der Waals surface area (Å²) in [6.07, 6.45) is 0. The van der Waals surface area contributed by atoms with Crippen molar-refractivity contribution in [2.24, 2.45) is 0 Å². The van der Waals surface area contributed by atoms with Crippen molar-refractivity contribution in [2.75, 3.05) is 0 Å². The average Bonchev–Trinajstić information content (AvgIpc) is 1.65. The molecule has 0 atom stereocenters. The molecule has 0 spiro atoms. The summed E-state index contributed by atoms with van der Waals surface area (Å²) in [5.41, 5.74) is 0. The fourth-order valence-corrected chi connectivity index (χ4v) is 0.293. The molecular weight excluding hydrogens is 207 g/mol. The monoisotopic (exact) mass is 209 g/mol. The Bertz CT molecular complexity index is 97.9. The maximum absolute atomic E-state index is 9.71. The third-order valence-corrected chi connectivity index (χ3v) is 0.796. The Morgan fingerprint density at radius 1 is 1.57 bits per heavy atom. The van der Waals surface area contributed by atoms with Crippen LogP contribution in [0.25, 0.3) is 0 Å². The first-order valence-electron chi connectivity index (χ1n) is 1.29. The van der Waals surface area contributed by atoms with Crippen LogP contribution in [0.2, 0.25) is 0 Å². The molecule has 0 saturated heterocycles. The van der Waals surface area contributed by atoms with E-state index in [1.54, 1.807) is 0 Å². The molecule has 0 saturated carbocycles. The number of aliphatic carboxylic acids is 1. The Balaban J connectivity index is 3.58. The van der Waals surface area contributed by atoms with Gasteiger partial charge < -0.3 is 0 Å². The predicted octanol–water partition coefficient (Wildman–Crippen LogP) is -1.30. The molecule has 0 amide bonds. The molecule has 0 aromatic carbocycles. The minimum atomic E-state index is -1.54. The first-order chi connectivity index (χ1) is 3.18. The number of carbonyl (C=O) groups excluding carboxylic acids is 1. The number of carboxylic acids is 1. The Kier molecular flexibility index (Phi) is 2.73. The Labute approximate surface area is 53.1 Å². The topological polar surface area (TPSA) is 63.6 Å². The van der Waals surface area contributed by atoms with Crippen molar-refractivity contribution in [3.63, 3.8) is 0 Å². The van der Waals surface area contributed by atoms with E-state index in [9.17, 15) is 9.59 Å². The fourth-order valence-electron chi connectivity index (χ4n) is 0.0437. The number of hydrogen-bond donors (Lipinski definition) is 1. The van der Waals surface area contributed by atoms with Gasteiger partial charge in [0.25, 0.3) is 0 Å². The van der Waals surface area contributed by atoms with Crippen LogP contribution < -0.4 is 0 Å². The normalized spacial score (nSPS) is 7.57. The maximum atomic E-state index is 9.71. The van der Waals surface area contributed by atoms with Gasteiger partial charge in [-0.05, 0) is 0 Å². The summed E-state index contributed by atoms with van der Waals surface area (Å²) in [4.78, 5) is 19.2. The molecule has 0 aliphatic carbocycles. The molecule has 0 bridgehead atoms. The Morgan fingerprint density at radius 3 is 2.00 bits per heavy atom. The van der Waals surface area contributed by atoms with Crippen molar-refractivity contribution in [1.82, 2.24) is 0 Å². The molecule has 0 fully saturated rings. The second-order valence-electron chi connectivity index (χ2n) is 0.695. The van der Waals surface area contributed by atoms with E-state index in [2.05, 4.69) is 3.07 Å². The number of carboxylic acid groups (broad SMARTS) is 1. The molecule has 5 heteroatoms. The molecule has 37 valence electrons. The van der Waals surface area contributed by atoms with Crippen LogP contribution in [-0.2, 0) is 12.7 Å². The third-order valence-electron chi connectivity index (χ3n) is 0.267. The standard InChI is InChI=1S/C2H2O4.Sn/c3-1(4)2(5)6;/h(H,3,4)(H,5,6);/q;+1/p-1.